The first-order chi connectivity index (χ1) is 24.7. The Bertz CT molecular complexity index is 1930. The van der Waals surface area contributed by atoms with Crippen molar-refractivity contribution in [1.29, 1.82) is 0 Å². The molecular weight excluding hydrogens is 710 g/mol. The molecular formula is C36H48FN6O7PS. The van der Waals surface area contributed by atoms with Crippen LogP contribution in [0, 0.1) is 11.4 Å². The van der Waals surface area contributed by atoms with Gasteiger partial charge in [0.05, 0.1) is 11.0 Å². The number of fused-ring (bicyclic) bond motifs is 2. The van der Waals surface area contributed by atoms with E-state index >= 15 is 0 Å². The zero-order chi connectivity index (χ0) is 37.8. The number of benzene rings is 3. The number of phosphoric acid groups is 1. The Morgan fingerprint density at radius 1 is 0.865 bits per heavy atom. The van der Waals surface area contributed by atoms with Crippen LogP contribution in [0.2, 0.25) is 0 Å². The number of carbonyl (C=O) groups excluding carboxylic acids is 3. The number of hydrogen-bond acceptors (Lipinski definition) is 8. The molecule has 52 heavy (non-hydrogen) atoms. The van der Waals surface area contributed by atoms with Crippen LogP contribution in [-0.4, -0.2) is 74.8 Å². The summed E-state index contributed by atoms with van der Waals surface area (Å²) in [5.41, 5.74) is 3.52. The van der Waals surface area contributed by atoms with Gasteiger partial charge in [0.2, 0.25) is 18.0 Å². The van der Waals surface area contributed by atoms with Crippen LogP contribution in [-0.2, 0) is 18.9 Å². The highest BCUT2D eigenvalue weighted by Crippen LogP contribution is 2.41. The van der Waals surface area contributed by atoms with E-state index in [0.717, 1.165) is 38.3 Å². The van der Waals surface area contributed by atoms with Gasteiger partial charge in [-0.1, -0.05) is 18.1 Å². The molecule has 1 aliphatic heterocycles. The van der Waals surface area contributed by atoms with E-state index in [9.17, 15) is 23.3 Å². The van der Waals surface area contributed by atoms with Crippen molar-refractivity contribution in [1.82, 2.24) is 16.0 Å². The van der Waals surface area contributed by atoms with Gasteiger partial charge in [-0.2, -0.15) is 11.4 Å². The number of nitrogens with zero attached hydrogens (tertiary/aromatic N) is 3. The van der Waals surface area contributed by atoms with Crippen LogP contribution < -0.4 is 35.6 Å². The Labute approximate surface area is 306 Å². The van der Waals surface area contributed by atoms with E-state index in [0.29, 0.717) is 57.3 Å². The van der Waals surface area contributed by atoms with Gasteiger partial charge in [0.15, 0.2) is 0 Å². The molecule has 3 amide bonds. The first-order valence-electron chi connectivity index (χ1n) is 17.1. The van der Waals surface area contributed by atoms with Gasteiger partial charge in [-0.3, -0.25) is 24.2 Å². The summed E-state index contributed by atoms with van der Waals surface area (Å²) in [7, 11) is 1.12. The van der Waals surface area contributed by atoms with Crippen molar-refractivity contribution < 1.29 is 37.6 Å². The minimum absolute atomic E-state index is 0.0794. The Morgan fingerprint density at radius 3 is 2.25 bits per heavy atom. The first-order valence-corrected chi connectivity index (χ1v) is 19.5. The average Bonchev–Trinajstić information content (AvgIpc) is 3.09. The highest BCUT2D eigenvalue weighted by Gasteiger charge is 2.27. The smallest absolute Gasteiger partial charge is 0.404 e. The lowest BCUT2D eigenvalue weighted by molar-refractivity contribution is -0.126. The number of thiol groups is 1. The number of phosphoric ester groups is 1. The van der Waals surface area contributed by atoms with Crippen LogP contribution in [0.4, 0.5) is 21.5 Å². The van der Waals surface area contributed by atoms with Gasteiger partial charge < -0.3 is 30.3 Å². The summed E-state index contributed by atoms with van der Waals surface area (Å²) in [5.74, 6) is -1.59. The van der Waals surface area contributed by atoms with Gasteiger partial charge in [0.25, 0.3) is 5.91 Å². The Balaban J connectivity index is 1.06. The lowest BCUT2D eigenvalue weighted by atomic mass is 10.1. The number of hydrogen-bond donors (Lipinski definition) is 6. The maximum atomic E-state index is 14.9. The number of alkyl halides is 1. The van der Waals surface area contributed by atoms with E-state index in [4.69, 9.17) is 14.8 Å². The number of nitrogens with one attached hydrogen (secondary N) is 3. The molecule has 5 N–H and O–H groups in total. The molecule has 1 heterocycles. The monoisotopic (exact) mass is 758 g/mol. The van der Waals surface area contributed by atoms with E-state index in [2.05, 4.69) is 60.6 Å². The van der Waals surface area contributed by atoms with Crippen LogP contribution in [0.15, 0.2) is 64.5 Å². The summed E-state index contributed by atoms with van der Waals surface area (Å²) < 4.78 is 31.8. The normalized spacial score (nSPS) is 12.4. The van der Waals surface area contributed by atoms with E-state index in [1.54, 1.807) is 6.92 Å². The molecule has 1 unspecified atom stereocenters. The zero-order valence-corrected chi connectivity index (χ0v) is 31.7. The standard InChI is InChI=1S/C36H48FN6O7PS/c1-24-11-16-30(50-51(47,48)49)27(21-24)35(37)36(46)40-17-7-5-6-9-33(44)38-18-19-39-34(45)10-8-20-43(4)26-13-15-29-32(23-26)52-31-22-25(42(2)3)12-14-28(31)41-29/h11-16,21-23,35,52H,5-10,17-20H2,1-4H3,(H,38,44)(H,39,45)(H,40,46)(H2,47,48,49). The molecule has 1 atom stereocenters. The number of carbonyl (C=O) groups is 3. The van der Waals surface area contributed by atoms with E-state index in [-0.39, 0.29) is 30.3 Å². The van der Waals surface area contributed by atoms with Crippen LogP contribution in [0.25, 0.3) is 0 Å². The average molecular weight is 759 g/mol. The molecule has 0 aromatic heterocycles. The molecule has 3 aromatic rings. The number of halogens is 1. The fourth-order valence-corrected chi connectivity index (χ4v) is 7.01. The van der Waals surface area contributed by atoms with E-state index < -0.39 is 25.7 Å². The third-order valence-electron chi connectivity index (χ3n) is 8.29. The minimum Gasteiger partial charge on any atom is -0.404 e. The van der Waals surface area contributed by atoms with Crippen molar-refractivity contribution in [2.45, 2.75) is 56.5 Å². The molecule has 16 heteroatoms. The molecule has 0 saturated heterocycles. The predicted molar refractivity (Wildman–Crippen MR) is 202 cm³/mol. The second kappa shape index (κ2) is 19.0. The van der Waals surface area contributed by atoms with Gasteiger partial charge in [-0.05, 0) is 74.7 Å². The maximum absolute atomic E-state index is 14.9. The zero-order valence-electron chi connectivity index (χ0n) is 29.9. The molecule has 282 valence electrons. The second-order valence-electron chi connectivity index (χ2n) is 12.8. The third kappa shape index (κ3) is 12.4. The number of unbranched alkanes of at least 4 members (excludes halogenated alkanes) is 2. The molecule has 0 spiro atoms. The summed E-state index contributed by atoms with van der Waals surface area (Å²) in [6, 6.07) is 16.6. The fourth-order valence-electron chi connectivity index (χ4n) is 5.46. The lowest BCUT2D eigenvalue weighted by Gasteiger charge is -2.20. The topological polar surface area (TPSA) is 173 Å². The molecule has 0 radical (unpaired) electrons. The molecule has 3 aromatic carbocycles. The quantitative estimate of drug-likeness (QED) is 0.0351. The van der Waals surface area contributed by atoms with Crippen LogP contribution in [0.3, 0.4) is 0 Å². The molecule has 0 fully saturated rings. The van der Waals surface area contributed by atoms with E-state index in [1.165, 1.54) is 23.1 Å². The van der Waals surface area contributed by atoms with Gasteiger partial charge >= 0.3 is 7.82 Å². The molecule has 0 saturated carbocycles. The summed E-state index contributed by atoms with van der Waals surface area (Å²) in [5, 5.41) is 9.06. The summed E-state index contributed by atoms with van der Waals surface area (Å²) in [6.45, 7) is 3.15. The van der Waals surface area contributed by atoms with Crippen molar-refractivity contribution in [3.8, 4) is 5.75 Å². The van der Waals surface area contributed by atoms with Gasteiger partial charge in [0, 0.05) is 86.5 Å². The molecule has 1 aliphatic rings. The maximum Gasteiger partial charge on any atom is 0.524 e. The lowest BCUT2D eigenvalue weighted by Crippen LogP contribution is -2.34. The minimum atomic E-state index is -4.94. The summed E-state index contributed by atoms with van der Waals surface area (Å²) in [4.78, 5) is 65.2. The van der Waals surface area contributed by atoms with Crippen molar-refractivity contribution in [2.24, 2.45) is 4.99 Å². The van der Waals surface area contributed by atoms with Gasteiger partial charge in [-0.25, -0.2) is 13.9 Å². The van der Waals surface area contributed by atoms with Crippen molar-refractivity contribution in [2.75, 3.05) is 57.1 Å². The predicted octanol–water partition coefficient (Wildman–Crippen LogP) is 4.41. The van der Waals surface area contributed by atoms with Gasteiger partial charge in [-0.15, -0.1) is 0 Å². The highest BCUT2D eigenvalue weighted by atomic mass is 32.1. The number of rotatable bonds is 19. The largest absolute Gasteiger partial charge is 0.524 e. The molecule has 4 rings (SSSR count). The summed E-state index contributed by atoms with van der Waals surface area (Å²) >= 11 is 1.12. The van der Waals surface area contributed by atoms with Crippen LogP contribution in [0.1, 0.15) is 55.8 Å². The third-order valence-corrected chi connectivity index (χ3v) is 9.92. The van der Waals surface area contributed by atoms with Crippen LogP contribution >= 0.6 is 19.2 Å². The number of amides is 3. The first kappa shape index (κ1) is 40.5. The Hall–Kier alpha value is -4.30. The Morgan fingerprint density at radius 2 is 1.56 bits per heavy atom. The van der Waals surface area contributed by atoms with Crippen molar-refractivity contribution >= 4 is 54.0 Å². The molecule has 0 aliphatic carbocycles. The van der Waals surface area contributed by atoms with Crippen molar-refractivity contribution in [3.63, 3.8) is 0 Å². The fraction of sp³-hybridized carbons (Fsp3) is 0.417. The number of anilines is 2. The van der Waals surface area contributed by atoms with E-state index in [1.807, 2.05) is 27.2 Å². The summed E-state index contributed by atoms with van der Waals surface area (Å²) in [6.07, 6.45) is 0.804. The van der Waals surface area contributed by atoms with Gasteiger partial charge in [0.1, 0.15) is 5.75 Å². The van der Waals surface area contributed by atoms with Crippen molar-refractivity contribution in [3.05, 3.63) is 75.6 Å². The van der Waals surface area contributed by atoms with Crippen LogP contribution in [0.5, 0.6) is 5.75 Å². The number of aryl methyl sites for hydroxylation is 1. The second-order valence-corrected chi connectivity index (χ2v) is 15.1. The molecule has 0 bridgehead atoms. The highest BCUT2D eigenvalue weighted by molar-refractivity contribution is 7.91. The molecule has 13 nitrogen and oxygen atoms in total. The Kier molecular flexibility index (Phi) is 14.8. The SMILES string of the molecule is Cc1ccc(OP(=O)(O)O)c(C(F)C(=O)NCCCCCC(=O)NCCNC(=O)CCCN(C)c2ccc3c(c2)=[SH]c2cc(N(C)C)ccc2N=3)c1.